The summed E-state index contributed by atoms with van der Waals surface area (Å²) < 4.78 is 37.4. The Labute approximate surface area is 94.3 Å². The molecule has 0 aliphatic carbocycles. The minimum atomic E-state index is -4.43. The number of nitrogen functional groups attached to an aromatic ring is 1. The molecular formula is C10H7F3N4. The lowest BCUT2D eigenvalue weighted by atomic mass is 10.1. The molecule has 0 spiro atoms. The van der Waals surface area contributed by atoms with Crippen LogP contribution in [0.25, 0.3) is 11.3 Å². The summed E-state index contributed by atoms with van der Waals surface area (Å²) in [5, 5.41) is 7.26. The zero-order chi connectivity index (χ0) is 12.5. The Kier molecular flexibility index (Phi) is 2.66. The lowest BCUT2D eigenvalue weighted by molar-refractivity contribution is -0.137. The zero-order valence-corrected chi connectivity index (χ0v) is 8.44. The highest BCUT2D eigenvalue weighted by Gasteiger charge is 2.31. The number of anilines is 1. The van der Waals surface area contributed by atoms with E-state index in [1.165, 1.54) is 18.3 Å². The fourth-order valence-electron chi connectivity index (χ4n) is 1.23. The first-order valence-corrected chi connectivity index (χ1v) is 4.58. The molecule has 2 aromatic rings. The highest BCUT2D eigenvalue weighted by atomic mass is 19.4. The number of pyridine rings is 1. The Hall–Kier alpha value is -2.18. The van der Waals surface area contributed by atoms with Gasteiger partial charge in [-0.25, -0.2) is 0 Å². The highest BCUT2D eigenvalue weighted by Crippen LogP contribution is 2.30. The molecule has 2 aromatic heterocycles. The molecule has 2 rings (SSSR count). The predicted molar refractivity (Wildman–Crippen MR) is 54.7 cm³/mol. The Balaban J connectivity index is 2.43. The molecule has 0 aliphatic heterocycles. The van der Waals surface area contributed by atoms with Crippen LogP contribution in [0.1, 0.15) is 5.56 Å². The largest absolute Gasteiger partial charge is 0.417 e. The van der Waals surface area contributed by atoms with Crippen molar-refractivity contribution in [3.63, 3.8) is 0 Å². The molecule has 0 aromatic carbocycles. The van der Waals surface area contributed by atoms with E-state index in [-0.39, 0.29) is 17.1 Å². The molecule has 0 atom stereocenters. The van der Waals surface area contributed by atoms with Gasteiger partial charge < -0.3 is 5.73 Å². The van der Waals surface area contributed by atoms with Gasteiger partial charge in [-0.15, -0.1) is 10.2 Å². The summed E-state index contributed by atoms with van der Waals surface area (Å²) in [6.45, 7) is 0. The summed E-state index contributed by atoms with van der Waals surface area (Å²) in [5.41, 5.74) is 5.04. The monoisotopic (exact) mass is 240 g/mol. The molecule has 88 valence electrons. The molecule has 4 nitrogen and oxygen atoms in total. The number of alkyl halides is 3. The molecular weight excluding hydrogens is 233 g/mol. The van der Waals surface area contributed by atoms with Crippen LogP contribution in [-0.4, -0.2) is 15.2 Å². The second-order valence-electron chi connectivity index (χ2n) is 3.30. The van der Waals surface area contributed by atoms with E-state index in [2.05, 4.69) is 15.2 Å². The van der Waals surface area contributed by atoms with E-state index < -0.39 is 11.7 Å². The van der Waals surface area contributed by atoms with Crippen LogP contribution in [0, 0.1) is 0 Å². The van der Waals surface area contributed by atoms with Crippen molar-refractivity contribution in [2.24, 2.45) is 0 Å². The van der Waals surface area contributed by atoms with Crippen LogP contribution in [0.3, 0.4) is 0 Å². The van der Waals surface area contributed by atoms with Crippen molar-refractivity contribution in [1.82, 2.24) is 15.2 Å². The third-order valence-electron chi connectivity index (χ3n) is 2.05. The van der Waals surface area contributed by atoms with Gasteiger partial charge in [0.25, 0.3) is 0 Å². The number of hydrogen-bond acceptors (Lipinski definition) is 4. The molecule has 2 N–H and O–H groups in total. The average molecular weight is 240 g/mol. The third kappa shape index (κ3) is 2.49. The Morgan fingerprint density at radius 2 is 1.82 bits per heavy atom. The van der Waals surface area contributed by atoms with Crippen molar-refractivity contribution >= 4 is 5.82 Å². The number of rotatable bonds is 1. The van der Waals surface area contributed by atoms with Gasteiger partial charge in [0.1, 0.15) is 5.82 Å². The number of halogens is 3. The molecule has 0 aliphatic rings. The fraction of sp³-hybridized carbons (Fsp3) is 0.100. The summed E-state index contributed by atoms with van der Waals surface area (Å²) in [4.78, 5) is 3.53. The molecule has 0 fully saturated rings. The van der Waals surface area contributed by atoms with Crippen molar-refractivity contribution in [1.29, 1.82) is 0 Å². The van der Waals surface area contributed by atoms with E-state index in [9.17, 15) is 13.2 Å². The van der Waals surface area contributed by atoms with Gasteiger partial charge in [-0.1, -0.05) is 0 Å². The van der Waals surface area contributed by atoms with Crippen LogP contribution in [0.5, 0.6) is 0 Å². The van der Waals surface area contributed by atoms with Crippen molar-refractivity contribution < 1.29 is 13.2 Å². The molecule has 0 saturated carbocycles. The second kappa shape index (κ2) is 4.00. The van der Waals surface area contributed by atoms with E-state index in [1.807, 2.05) is 0 Å². The van der Waals surface area contributed by atoms with Gasteiger partial charge in [0.2, 0.25) is 0 Å². The Morgan fingerprint density at radius 3 is 2.41 bits per heavy atom. The standard InChI is InChI=1S/C10H7F3N4/c11-10(12,13)7-3-6(4-15-5-7)8-1-2-9(14)17-16-8/h1-5H,(H2,14,17). The lowest BCUT2D eigenvalue weighted by Crippen LogP contribution is -2.05. The van der Waals surface area contributed by atoms with Crippen molar-refractivity contribution in [3.05, 3.63) is 36.2 Å². The van der Waals surface area contributed by atoms with Crippen LogP contribution < -0.4 is 5.73 Å². The predicted octanol–water partition coefficient (Wildman–Crippen LogP) is 2.14. The van der Waals surface area contributed by atoms with Crippen LogP contribution in [-0.2, 0) is 6.18 Å². The van der Waals surface area contributed by atoms with Crippen LogP contribution in [0.15, 0.2) is 30.6 Å². The van der Waals surface area contributed by atoms with Gasteiger partial charge in [-0.05, 0) is 18.2 Å². The first-order chi connectivity index (χ1) is 7.97. The van der Waals surface area contributed by atoms with Crippen molar-refractivity contribution in [2.45, 2.75) is 6.18 Å². The highest BCUT2D eigenvalue weighted by molar-refractivity contribution is 5.59. The first-order valence-electron chi connectivity index (χ1n) is 4.58. The number of nitrogens with zero attached hydrogens (tertiary/aromatic N) is 3. The maximum atomic E-state index is 12.5. The maximum absolute atomic E-state index is 12.5. The number of nitrogens with two attached hydrogens (primary N) is 1. The van der Waals surface area contributed by atoms with E-state index in [1.54, 1.807) is 0 Å². The first kappa shape index (κ1) is 11.3. The van der Waals surface area contributed by atoms with E-state index in [4.69, 9.17) is 5.73 Å². The number of aromatic nitrogens is 3. The van der Waals surface area contributed by atoms with E-state index >= 15 is 0 Å². The molecule has 0 radical (unpaired) electrons. The molecule has 0 amide bonds. The van der Waals surface area contributed by atoms with Crippen molar-refractivity contribution in [3.8, 4) is 11.3 Å². The average Bonchev–Trinajstić information content (AvgIpc) is 2.29. The molecule has 7 heteroatoms. The summed E-state index contributed by atoms with van der Waals surface area (Å²) >= 11 is 0. The summed E-state index contributed by atoms with van der Waals surface area (Å²) in [6, 6.07) is 3.91. The molecule has 17 heavy (non-hydrogen) atoms. The smallest absolute Gasteiger partial charge is 0.382 e. The van der Waals surface area contributed by atoms with Gasteiger partial charge in [0.15, 0.2) is 0 Å². The van der Waals surface area contributed by atoms with E-state index in [0.29, 0.717) is 0 Å². The van der Waals surface area contributed by atoms with Gasteiger partial charge in [-0.2, -0.15) is 13.2 Å². The van der Waals surface area contributed by atoms with E-state index in [0.717, 1.165) is 12.3 Å². The Bertz CT molecular complexity index is 522. The summed E-state index contributed by atoms with van der Waals surface area (Å²) in [5.74, 6) is 0.202. The van der Waals surface area contributed by atoms with Gasteiger partial charge >= 0.3 is 6.18 Å². The van der Waals surface area contributed by atoms with Gasteiger partial charge in [-0.3, -0.25) is 4.98 Å². The lowest BCUT2D eigenvalue weighted by Gasteiger charge is -2.07. The minimum Gasteiger partial charge on any atom is -0.382 e. The van der Waals surface area contributed by atoms with Crippen molar-refractivity contribution in [2.75, 3.05) is 5.73 Å². The molecule has 2 heterocycles. The van der Waals surface area contributed by atoms with Gasteiger partial charge in [0, 0.05) is 18.0 Å². The van der Waals surface area contributed by atoms with Crippen LogP contribution in [0.2, 0.25) is 0 Å². The quantitative estimate of drug-likeness (QED) is 0.829. The Morgan fingerprint density at radius 1 is 1.06 bits per heavy atom. The SMILES string of the molecule is Nc1ccc(-c2cncc(C(F)(F)F)c2)nn1. The zero-order valence-electron chi connectivity index (χ0n) is 8.44. The summed E-state index contributed by atoms with van der Waals surface area (Å²) in [7, 11) is 0. The molecule has 0 bridgehead atoms. The maximum Gasteiger partial charge on any atom is 0.417 e. The topological polar surface area (TPSA) is 64.7 Å². The van der Waals surface area contributed by atoms with Gasteiger partial charge in [0.05, 0.1) is 11.3 Å². The molecule has 0 unspecified atom stereocenters. The second-order valence-corrected chi connectivity index (χ2v) is 3.30. The van der Waals surface area contributed by atoms with Crippen LogP contribution >= 0.6 is 0 Å². The third-order valence-corrected chi connectivity index (χ3v) is 2.05. The molecule has 0 saturated heterocycles. The normalized spacial score (nSPS) is 11.5. The summed E-state index contributed by atoms with van der Waals surface area (Å²) in [6.07, 6.45) is -2.38. The fourth-order valence-corrected chi connectivity index (χ4v) is 1.23. The van der Waals surface area contributed by atoms with Crippen LogP contribution in [0.4, 0.5) is 19.0 Å². The number of hydrogen-bond donors (Lipinski definition) is 1. The minimum absolute atomic E-state index is 0.202.